The minimum Gasteiger partial charge on any atom is -0.497 e. The molecule has 0 bridgehead atoms. The highest BCUT2D eigenvalue weighted by Crippen LogP contribution is 2.19. The van der Waals surface area contributed by atoms with Gasteiger partial charge in [-0.2, -0.15) is 4.98 Å². The van der Waals surface area contributed by atoms with Crippen molar-refractivity contribution in [3.05, 3.63) is 60.4 Å². The summed E-state index contributed by atoms with van der Waals surface area (Å²) >= 11 is 0. The molecule has 1 heterocycles. The summed E-state index contributed by atoms with van der Waals surface area (Å²) in [4.78, 5) is 4.30. The summed E-state index contributed by atoms with van der Waals surface area (Å²) in [5.41, 5.74) is 0.890. The normalized spacial score (nSPS) is 10.3. The van der Waals surface area contributed by atoms with Crippen molar-refractivity contribution in [3.63, 3.8) is 0 Å². The van der Waals surface area contributed by atoms with Crippen molar-refractivity contribution in [1.29, 1.82) is 0 Å². The summed E-state index contributed by atoms with van der Waals surface area (Å²) in [6.45, 7) is 0.253. The SMILES string of the molecule is COc1ccc(OCc2noc(-c3ccccc3)n2)cc1. The summed E-state index contributed by atoms with van der Waals surface area (Å²) in [5, 5.41) is 3.91. The summed E-state index contributed by atoms with van der Waals surface area (Å²) in [7, 11) is 1.63. The molecule has 0 unspecified atom stereocenters. The molecule has 1 aromatic heterocycles. The van der Waals surface area contributed by atoms with E-state index in [-0.39, 0.29) is 6.61 Å². The Morgan fingerprint density at radius 3 is 2.38 bits per heavy atom. The van der Waals surface area contributed by atoms with Gasteiger partial charge in [-0.1, -0.05) is 23.4 Å². The van der Waals surface area contributed by atoms with Gasteiger partial charge in [-0.25, -0.2) is 0 Å². The number of rotatable bonds is 5. The van der Waals surface area contributed by atoms with Crippen molar-refractivity contribution in [1.82, 2.24) is 10.1 Å². The second-order valence-corrected chi connectivity index (χ2v) is 4.35. The van der Waals surface area contributed by atoms with Crippen molar-refractivity contribution < 1.29 is 14.0 Å². The first kappa shape index (κ1) is 13.2. The molecule has 5 heteroatoms. The van der Waals surface area contributed by atoms with E-state index in [1.165, 1.54) is 0 Å². The molecule has 0 fully saturated rings. The van der Waals surface area contributed by atoms with E-state index < -0.39 is 0 Å². The van der Waals surface area contributed by atoms with E-state index in [2.05, 4.69) is 10.1 Å². The first-order chi connectivity index (χ1) is 10.3. The standard InChI is InChI=1S/C16H14N2O3/c1-19-13-7-9-14(10-8-13)20-11-15-17-16(21-18-15)12-5-3-2-4-6-12/h2-10H,11H2,1H3. The molecule has 0 atom stereocenters. The van der Waals surface area contributed by atoms with Crippen LogP contribution in [0.1, 0.15) is 5.82 Å². The Morgan fingerprint density at radius 2 is 1.67 bits per heavy atom. The van der Waals surface area contributed by atoms with Gasteiger partial charge in [0, 0.05) is 5.56 Å². The maximum atomic E-state index is 5.60. The molecule has 106 valence electrons. The van der Waals surface area contributed by atoms with Gasteiger partial charge in [-0.15, -0.1) is 0 Å². The lowest BCUT2D eigenvalue weighted by atomic mass is 10.2. The van der Waals surface area contributed by atoms with Crippen LogP contribution in [0.25, 0.3) is 11.5 Å². The first-order valence-corrected chi connectivity index (χ1v) is 6.50. The average Bonchev–Trinajstić information content (AvgIpc) is 3.03. The monoisotopic (exact) mass is 282 g/mol. The highest BCUT2D eigenvalue weighted by Gasteiger charge is 2.08. The molecule has 0 radical (unpaired) electrons. The Morgan fingerprint density at radius 1 is 0.952 bits per heavy atom. The highest BCUT2D eigenvalue weighted by molar-refractivity contribution is 5.51. The molecule has 5 nitrogen and oxygen atoms in total. The maximum Gasteiger partial charge on any atom is 0.258 e. The number of aromatic nitrogens is 2. The number of ether oxygens (including phenoxy) is 2. The van der Waals surface area contributed by atoms with Crippen LogP contribution < -0.4 is 9.47 Å². The summed E-state index contributed by atoms with van der Waals surface area (Å²) < 4.78 is 15.9. The summed E-state index contributed by atoms with van der Waals surface area (Å²) in [5.74, 6) is 2.50. The zero-order valence-corrected chi connectivity index (χ0v) is 11.5. The lowest BCUT2D eigenvalue weighted by Gasteiger charge is -2.04. The molecule has 2 aromatic carbocycles. The molecule has 0 aliphatic heterocycles. The Labute approximate surface area is 122 Å². The minimum atomic E-state index is 0.253. The molecule has 3 aromatic rings. The van der Waals surface area contributed by atoms with Crippen LogP contribution in [0.15, 0.2) is 59.1 Å². The Kier molecular flexibility index (Phi) is 3.82. The fourth-order valence-corrected chi connectivity index (χ4v) is 1.83. The second-order valence-electron chi connectivity index (χ2n) is 4.35. The average molecular weight is 282 g/mol. The summed E-state index contributed by atoms with van der Waals surface area (Å²) in [6, 6.07) is 17.0. The fourth-order valence-electron chi connectivity index (χ4n) is 1.83. The van der Waals surface area contributed by atoms with Gasteiger partial charge < -0.3 is 14.0 Å². The Hall–Kier alpha value is -2.82. The van der Waals surface area contributed by atoms with Crippen LogP contribution in [0.2, 0.25) is 0 Å². The van der Waals surface area contributed by atoms with Gasteiger partial charge in [0.15, 0.2) is 6.61 Å². The molecular formula is C16H14N2O3. The third kappa shape index (κ3) is 3.20. The molecule has 0 aliphatic carbocycles. The highest BCUT2D eigenvalue weighted by atomic mass is 16.5. The molecule has 21 heavy (non-hydrogen) atoms. The minimum absolute atomic E-state index is 0.253. The van der Waals surface area contributed by atoms with Gasteiger partial charge in [-0.05, 0) is 36.4 Å². The van der Waals surface area contributed by atoms with E-state index in [0.29, 0.717) is 11.7 Å². The van der Waals surface area contributed by atoms with E-state index in [1.54, 1.807) is 7.11 Å². The quantitative estimate of drug-likeness (QED) is 0.718. The molecule has 0 N–H and O–H groups in total. The van der Waals surface area contributed by atoms with Crippen LogP contribution in [-0.4, -0.2) is 17.3 Å². The molecule has 3 rings (SSSR count). The fraction of sp³-hybridized carbons (Fsp3) is 0.125. The van der Waals surface area contributed by atoms with Crippen molar-refractivity contribution in [3.8, 4) is 23.0 Å². The molecule has 0 spiro atoms. The van der Waals surface area contributed by atoms with E-state index in [1.807, 2.05) is 54.6 Å². The first-order valence-electron chi connectivity index (χ1n) is 6.50. The maximum absolute atomic E-state index is 5.60. The van der Waals surface area contributed by atoms with Crippen LogP contribution >= 0.6 is 0 Å². The number of benzene rings is 2. The van der Waals surface area contributed by atoms with Crippen molar-refractivity contribution in [2.45, 2.75) is 6.61 Å². The van der Waals surface area contributed by atoms with Gasteiger partial charge in [0.25, 0.3) is 5.89 Å². The molecule has 0 saturated carbocycles. The van der Waals surface area contributed by atoms with Crippen LogP contribution in [0.5, 0.6) is 11.5 Å². The lowest BCUT2D eigenvalue weighted by Crippen LogP contribution is -1.97. The number of hydrogen-bond acceptors (Lipinski definition) is 5. The van der Waals surface area contributed by atoms with Gasteiger partial charge in [0.05, 0.1) is 7.11 Å². The van der Waals surface area contributed by atoms with E-state index >= 15 is 0 Å². The predicted octanol–water partition coefficient (Wildman–Crippen LogP) is 3.32. The smallest absolute Gasteiger partial charge is 0.258 e. The molecule has 0 aliphatic rings. The van der Waals surface area contributed by atoms with Crippen molar-refractivity contribution >= 4 is 0 Å². The van der Waals surface area contributed by atoms with Gasteiger partial charge in [-0.3, -0.25) is 0 Å². The Balaban J connectivity index is 1.64. The zero-order chi connectivity index (χ0) is 14.5. The summed E-state index contributed by atoms with van der Waals surface area (Å²) in [6.07, 6.45) is 0. The van der Waals surface area contributed by atoms with Crippen molar-refractivity contribution in [2.24, 2.45) is 0 Å². The van der Waals surface area contributed by atoms with Crippen LogP contribution in [0.4, 0.5) is 0 Å². The van der Waals surface area contributed by atoms with Gasteiger partial charge in [0.2, 0.25) is 5.82 Å². The number of hydrogen-bond donors (Lipinski definition) is 0. The third-order valence-corrected chi connectivity index (χ3v) is 2.92. The van der Waals surface area contributed by atoms with E-state index in [0.717, 1.165) is 17.1 Å². The molecule has 0 amide bonds. The van der Waals surface area contributed by atoms with Gasteiger partial charge in [0.1, 0.15) is 11.5 Å². The topological polar surface area (TPSA) is 57.4 Å². The van der Waals surface area contributed by atoms with Crippen LogP contribution in [0, 0.1) is 0 Å². The van der Waals surface area contributed by atoms with Gasteiger partial charge >= 0.3 is 0 Å². The lowest BCUT2D eigenvalue weighted by molar-refractivity contribution is 0.286. The van der Waals surface area contributed by atoms with E-state index in [9.17, 15) is 0 Å². The predicted molar refractivity (Wildman–Crippen MR) is 77.1 cm³/mol. The number of nitrogens with zero attached hydrogens (tertiary/aromatic N) is 2. The number of methoxy groups -OCH3 is 1. The largest absolute Gasteiger partial charge is 0.497 e. The van der Waals surface area contributed by atoms with Crippen LogP contribution in [0.3, 0.4) is 0 Å². The zero-order valence-electron chi connectivity index (χ0n) is 11.5. The van der Waals surface area contributed by atoms with E-state index in [4.69, 9.17) is 14.0 Å². The van der Waals surface area contributed by atoms with Crippen LogP contribution in [-0.2, 0) is 6.61 Å². The Bertz CT molecular complexity index is 693. The van der Waals surface area contributed by atoms with Crippen molar-refractivity contribution in [2.75, 3.05) is 7.11 Å². The molecular weight excluding hydrogens is 268 g/mol. The molecule has 0 saturated heterocycles. The third-order valence-electron chi connectivity index (χ3n) is 2.92. The second kappa shape index (κ2) is 6.09.